The lowest BCUT2D eigenvalue weighted by atomic mass is 10.2. The summed E-state index contributed by atoms with van der Waals surface area (Å²) in [6, 6.07) is 14.0. The predicted octanol–water partition coefficient (Wildman–Crippen LogP) is 1.11. The van der Waals surface area contributed by atoms with Crippen LogP contribution < -0.4 is 9.80 Å². The van der Waals surface area contributed by atoms with Gasteiger partial charge in [-0.2, -0.15) is 0 Å². The van der Waals surface area contributed by atoms with Crippen molar-refractivity contribution in [2.24, 2.45) is 0 Å². The molecule has 0 spiro atoms. The minimum atomic E-state index is -0.124. The van der Waals surface area contributed by atoms with Gasteiger partial charge in [0.1, 0.15) is 0 Å². The van der Waals surface area contributed by atoms with E-state index in [4.69, 9.17) is 0 Å². The molecular weight excluding hydrogens is 368 g/mol. The molecule has 0 radical (unpaired) electrons. The summed E-state index contributed by atoms with van der Waals surface area (Å²) in [5.41, 5.74) is 1.59. The Bertz CT molecular complexity index is 841. The van der Waals surface area contributed by atoms with E-state index in [2.05, 4.69) is 44.3 Å². The molecule has 0 aliphatic carbocycles. The van der Waals surface area contributed by atoms with Crippen molar-refractivity contribution < 1.29 is 9.59 Å². The van der Waals surface area contributed by atoms with Crippen LogP contribution >= 0.6 is 0 Å². The molecule has 0 unspecified atom stereocenters. The lowest BCUT2D eigenvalue weighted by Crippen LogP contribution is -2.50. The molecule has 152 valence electrons. The molecule has 0 bridgehead atoms. The summed E-state index contributed by atoms with van der Waals surface area (Å²) >= 11 is 0. The molecule has 29 heavy (non-hydrogen) atoms. The summed E-state index contributed by atoms with van der Waals surface area (Å²) < 4.78 is 0. The number of piperazine rings is 2. The van der Waals surface area contributed by atoms with Gasteiger partial charge >= 0.3 is 0 Å². The smallest absolute Gasteiger partial charge is 0.274 e. The monoisotopic (exact) mass is 394 g/mol. The first-order valence-corrected chi connectivity index (χ1v) is 10.1. The number of para-hydroxylation sites is 1. The first kappa shape index (κ1) is 19.2. The van der Waals surface area contributed by atoms with Gasteiger partial charge in [-0.25, -0.2) is 0 Å². The van der Waals surface area contributed by atoms with Crippen LogP contribution in [-0.4, -0.2) is 84.2 Å². The standard InChI is InChI=1S/C21H26N6O2/c1-17(28)24-9-15-27(16-10-24)21(29)19-7-8-20(23-22-19)26-13-11-25(12-14-26)18-5-3-2-4-6-18/h2-8H,9-16H2,1H3. The normalized spacial score (nSPS) is 17.4. The van der Waals surface area contributed by atoms with Crippen molar-refractivity contribution in [3.05, 3.63) is 48.2 Å². The third-order valence-corrected chi connectivity index (χ3v) is 5.61. The van der Waals surface area contributed by atoms with Crippen molar-refractivity contribution in [1.82, 2.24) is 20.0 Å². The van der Waals surface area contributed by atoms with Crippen molar-refractivity contribution in [3.8, 4) is 0 Å². The zero-order valence-electron chi connectivity index (χ0n) is 16.7. The number of anilines is 2. The molecule has 2 amide bonds. The second-order valence-corrected chi connectivity index (χ2v) is 7.38. The third kappa shape index (κ3) is 4.31. The zero-order chi connectivity index (χ0) is 20.2. The molecule has 2 saturated heterocycles. The molecule has 0 atom stereocenters. The summed E-state index contributed by atoms with van der Waals surface area (Å²) in [6.07, 6.45) is 0. The van der Waals surface area contributed by atoms with Crippen LogP contribution in [0.5, 0.6) is 0 Å². The number of rotatable bonds is 3. The summed E-state index contributed by atoms with van der Waals surface area (Å²) in [5.74, 6) is 0.727. The Morgan fingerprint density at radius 1 is 0.724 bits per heavy atom. The fourth-order valence-electron chi connectivity index (χ4n) is 3.83. The molecule has 2 aliphatic heterocycles. The number of carbonyl (C=O) groups is 2. The molecule has 2 aliphatic rings. The van der Waals surface area contributed by atoms with Gasteiger partial charge in [-0.1, -0.05) is 18.2 Å². The number of aromatic nitrogens is 2. The molecule has 4 rings (SSSR count). The van der Waals surface area contributed by atoms with E-state index in [9.17, 15) is 9.59 Å². The minimum Gasteiger partial charge on any atom is -0.368 e. The fourth-order valence-corrected chi connectivity index (χ4v) is 3.83. The largest absolute Gasteiger partial charge is 0.368 e. The van der Waals surface area contributed by atoms with Crippen molar-refractivity contribution in [2.45, 2.75) is 6.92 Å². The Morgan fingerprint density at radius 3 is 1.93 bits per heavy atom. The van der Waals surface area contributed by atoms with Crippen LogP contribution in [0.2, 0.25) is 0 Å². The number of carbonyl (C=O) groups excluding carboxylic acids is 2. The SMILES string of the molecule is CC(=O)N1CCN(C(=O)c2ccc(N3CCN(c4ccccc4)CC3)nn2)CC1. The van der Waals surface area contributed by atoms with Gasteiger partial charge in [0.25, 0.3) is 5.91 Å². The van der Waals surface area contributed by atoms with Gasteiger partial charge < -0.3 is 19.6 Å². The Labute approximate surface area is 170 Å². The highest BCUT2D eigenvalue weighted by Crippen LogP contribution is 2.19. The van der Waals surface area contributed by atoms with Crippen molar-refractivity contribution in [1.29, 1.82) is 0 Å². The van der Waals surface area contributed by atoms with E-state index in [1.165, 1.54) is 5.69 Å². The molecule has 0 N–H and O–H groups in total. The van der Waals surface area contributed by atoms with Gasteiger partial charge in [0.2, 0.25) is 5.91 Å². The van der Waals surface area contributed by atoms with Crippen LogP contribution in [0.1, 0.15) is 17.4 Å². The number of benzene rings is 1. The van der Waals surface area contributed by atoms with Crippen LogP contribution in [0, 0.1) is 0 Å². The predicted molar refractivity (Wildman–Crippen MR) is 111 cm³/mol. The number of hydrogen-bond donors (Lipinski definition) is 0. The Kier molecular flexibility index (Phi) is 5.59. The van der Waals surface area contributed by atoms with E-state index in [0.29, 0.717) is 31.9 Å². The lowest BCUT2D eigenvalue weighted by Gasteiger charge is -2.36. The van der Waals surface area contributed by atoms with Crippen LogP contribution in [0.3, 0.4) is 0 Å². The number of hydrogen-bond acceptors (Lipinski definition) is 6. The molecule has 1 aromatic carbocycles. The Hall–Kier alpha value is -3.16. The molecule has 8 nitrogen and oxygen atoms in total. The quantitative estimate of drug-likeness (QED) is 0.777. The summed E-state index contributed by atoms with van der Waals surface area (Å²) in [4.78, 5) is 32.1. The van der Waals surface area contributed by atoms with Crippen LogP contribution in [0.25, 0.3) is 0 Å². The van der Waals surface area contributed by atoms with Crippen LogP contribution in [0.15, 0.2) is 42.5 Å². The van der Waals surface area contributed by atoms with Gasteiger partial charge in [-0.05, 0) is 24.3 Å². The van der Waals surface area contributed by atoms with Crippen LogP contribution in [-0.2, 0) is 4.79 Å². The molecule has 2 fully saturated rings. The lowest BCUT2D eigenvalue weighted by molar-refractivity contribution is -0.130. The highest BCUT2D eigenvalue weighted by molar-refractivity contribution is 5.92. The third-order valence-electron chi connectivity index (χ3n) is 5.61. The Balaban J connectivity index is 1.33. The topological polar surface area (TPSA) is 72.9 Å². The number of nitrogens with zero attached hydrogens (tertiary/aromatic N) is 6. The second kappa shape index (κ2) is 8.46. The van der Waals surface area contributed by atoms with Crippen molar-refractivity contribution in [2.75, 3.05) is 62.2 Å². The highest BCUT2D eigenvalue weighted by atomic mass is 16.2. The van der Waals surface area contributed by atoms with Gasteiger partial charge in [0, 0.05) is 65.0 Å². The molecule has 3 heterocycles. The first-order valence-electron chi connectivity index (χ1n) is 10.1. The molecule has 2 aromatic rings. The molecular formula is C21H26N6O2. The molecule has 8 heteroatoms. The maximum absolute atomic E-state index is 12.7. The maximum Gasteiger partial charge on any atom is 0.274 e. The molecule has 1 aromatic heterocycles. The van der Waals surface area contributed by atoms with E-state index in [1.54, 1.807) is 22.8 Å². The van der Waals surface area contributed by atoms with Crippen molar-refractivity contribution >= 4 is 23.3 Å². The van der Waals surface area contributed by atoms with E-state index < -0.39 is 0 Å². The maximum atomic E-state index is 12.7. The van der Waals surface area contributed by atoms with Crippen LogP contribution in [0.4, 0.5) is 11.5 Å². The molecule has 0 saturated carbocycles. The second-order valence-electron chi connectivity index (χ2n) is 7.38. The van der Waals surface area contributed by atoms with E-state index >= 15 is 0 Å². The minimum absolute atomic E-state index is 0.0496. The van der Waals surface area contributed by atoms with E-state index in [1.807, 2.05) is 12.1 Å². The summed E-state index contributed by atoms with van der Waals surface area (Å²) in [5, 5.41) is 8.49. The van der Waals surface area contributed by atoms with Gasteiger partial charge in [-0.3, -0.25) is 9.59 Å². The average Bonchev–Trinajstić information content (AvgIpc) is 2.79. The average molecular weight is 394 g/mol. The first-order chi connectivity index (χ1) is 14.1. The Morgan fingerprint density at radius 2 is 1.34 bits per heavy atom. The van der Waals surface area contributed by atoms with E-state index in [-0.39, 0.29) is 11.8 Å². The number of amides is 2. The fraction of sp³-hybridized carbons (Fsp3) is 0.429. The van der Waals surface area contributed by atoms with Gasteiger partial charge in [0.15, 0.2) is 11.5 Å². The summed E-state index contributed by atoms with van der Waals surface area (Å²) in [6.45, 7) is 7.33. The van der Waals surface area contributed by atoms with E-state index in [0.717, 1.165) is 32.0 Å². The van der Waals surface area contributed by atoms with Gasteiger partial charge in [-0.15, -0.1) is 10.2 Å². The highest BCUT2D eigenvalue weighted by Gasteiger charge is 2.25. The zero-order valence-corrected chi connectivity index (χ0v) is 16.7. The van der Waals surface area contributed by atoms with Gasteiger partial charge in [0.05, 0.1) is 0 Å². The summed E-state index contributed by atoms with van der Waals surface area (Å²) in [7, 11) is 0. The van der Waals surface area contributed by atoms with Crippen molar-refractivity contribution in [3.63, 3.8) is 0 Å².